The lowest BCUT2D eigenvalue weighted by Gasteiger charge is -2.42. The zero-order chi connectivity index (χ0) is 28.8. The monoisotopic (exact) mass is 540 g/mol. The Morgan fingerprint density at radius 3 is 2.08 bits per heavy atom. The van der Waals surface area contributed by atoms with E-state index >= 15 is 0 Å². The lowest BCUT2D eigenvalue weighted by atomic mass is 9.70. The van der Waals surface area contributed by atoms with E-state index in [1.165, 1.54) is 42.6 Å². The third-order valence-electron chi connectivity index (χ3n) is 7.78. The Kier molecular flexibility index (Phi) is 6.81. The van der Waals surface area contributed by atoms with Crippen molar-refractivity contribution in [2.24, 2.45) is 17.0 Å². The van der Waals surface area contributed by atoms with Crippen molar-refractivity contribution in [1.82, 2.24) is 5.43 Å². The molecular weight excluding hydrogens is 509 g/mol. The molecule has 1 atom stereocenters. The summed E-state index contributed by atoms with van der Waals surface area (Å²) in [5.41, 5.74) is 5.82. The summed E-state index contributed by atoms with van der Waals surface area (Å²) in [4.78, 5) is 13.7. The van der Waals surface area contributed by atoms with Crippen molar-refractivity contribution in [3.63, 3.8) is 0 Å². The molecule has 1 amide bonds. The number of hydrogen-bond acceptors (Lipinski definition) is 6. The van der Waals surface area contributed by atoms with Crippen molar-refractivity contribution in [2.45, 2.75) is 44.9 Å². The second-order valence-corrected chi connectivity index (χ2v) is 10.5. The summed E-state index contributed by atoms with van der Waals surface area (Å²) < 4.78 is 47.9. The number of carbonyl (C=O) groups excluding carboxylic acids is 1. The van der Waals surface area contributed by atoms with E-state index in [-0.39, 0.29) is 17.0 Å². The molecule has 0 saturated carbocycles. The van der Waals surface area contributed by atoms with Gasteiger partial charge in [-0.2, -0.15) is 13.2 Å². The number of amides is 1. The largest absolute Gasteiger partial charge is 0.508 e. The summed E-state index contributed by atoms with van der Waals surface area (Å²) in [6.45, 7) is 7.55. The number of aromatic hydroxyl groups is 1. The average molecular weight is 541 g/mol. The third kappa shape index (κ3) is 4.54. The van der Waals surface area contributed by atoms with Crippen LogP contribution in [0.25, 0.3) is 0 Å². The summed E-state index contributed by atoms with van der Waals surface area (Å²) in [6, 6.07) is 16.2. The van der Waals surface area contributed by atoms with Crippen molar-refractivity contribution in [2.75, 3.05) is 5.32 Å². The Bertz CT molecular complexity index is 1420. The van der Waals surface area contributed by atoms with Gasteiger partial charge < -0.3 is 26.3 Å². The highest BCUT2D eigenvalue weighted by atomic mass is 19.4. The van der Waals surface area contributed by atoms with Gasteiger partial charge in [0.1, 0.15) is 22.5 Å². The molecule has 0 aliphatic carbocycles. The molecule has 1 heterocycles. The minimum absolute atomic E-state index is 0.0386. The second-order valence-electron chi connectivity index (χ2n) is 10.5. The molecule has 0 bridgehead atoms. The van der Waals surface area contributed by atoms with Crippen LogP contribution in [0.3, 0.4) is 0 Å². The van der Waals surface area contributed by atoms with Gasteiger partial charge in [-0.1, -0.05) is 50.2 Å². The summed E-state index contributed by atoms with van der Waals surface area (Å²) in [6.07, 6.45) is -3.18. The van der Waals surface area contributed by atoms with Crippen LogP contribution in [-0.2, 0) is 16.4 Å². The molecule has 1 aliphatic rings. The Labute approximate surface area is 224 Å². The average Bonchev–Trinajstić information content (AvgIpc) is 3.16. The number of anilines is 1. The normalized spacial score (nSPS) is 17.9. The fourth-order valence-corrected chi connectivity index (χ4v) is 4.83. The number of para-hydroxylation sites is 1. The molecule has 7 nitrogen and oxygen atoms in total. The SMILES string of the molecule is CC(C)(Oc1ccc(C2(c3ccc(O)cc3)C(=O)Nc3c(C(F)(F)F)cccc32)cc1)C(C)(C)/C(N)=C/NN. The number of halogens is 3. The number of alkyl halides is 3. The van der Waals surface area contributed by atoms with Crippen LogP contribution in [0, 0.1) is 5.41 Å². The number of ether oxygens (including phenoxy) is 1. The van der Waals surface area contributed by atoms with Crippen molar-refractivity contribution in [3.8, 4) is 11.5 Å². The van der Waals surface area contributed by atoms with Gasteiger partial charge in [0.25, 0.3) is 0 Å². The molecule has 0 saturated heterocycles. The summed E-state index contributed by atoms with van der Waals surface area (Å²) >= 11 is 0. The van der Waals surface area contributed by atoms with E-state index in [2.05, 4.69) is 10.7 Å². The molecule has 3 aromatic carbocycles. The van der Waals surface area contributed by atoms with Gasteiger partial charge in [-0.15, -0.1) is 0 Å². The summed E-state index contributed by atoms with van der Waals surface area (Å²) in [5, 5.41) is 12.3. The maximum atomic E-state index is 13.9. The minimum Gasteiger partial charge on any atom is -0.508 e. The third-order valence-corrected chi connectivity index (χ3v) is 7.78. The van der Waals surface area contributed by atoms with Crippen LogP contribution in [0.5, 0.6) is 11.5 Å². The van der Waals surface area contributed by atoms with Gasteiger partial charge in [-0.05, 0) is 55.3 Å². The number of hydrogen-bond donors (Lipinski definition) is 5. The number of rotatable bonds is 7. The van der Waals surface area contributed by atoms with E-state index in [1.54, 1.807) is 24.3 Å². The van der Waals surface area contributed by atoms with Crippen LogP contribution in [0.4, 0.5) is 18.9 Å². The Morgan fingerprint density at radius 2 is 1.54 bits per heavy atom. The minimum atomic E-state index is -4.67. The molecule has 0 radical (unpaired) electrons. The second kappa shape index (κ2) is 9.53. The smallest absolute Gasteiger partial charge is 0.418 e. The van der Waals surface area contributed by atoms with Crippen molar-refractivity contribution in [1.29, 1.82) is 0 Å². The highest BCUT2D eigenvalue weighted by Crippen LogP contribution is 2.51. The molecule has 1 unspecified atom stereocenters. The first-order valence-electron chi connectivity index (χ1n) is 12.2. The number of benzene rings is 3. The van der Waals surface area contributed by atoms with E-state index in [4.69, 9.17) is 16.3 Å². The molecule has 0 spiro atoms. The molecule has 4 rings (SSSR count). The molecule has 1 aliphatic heterocycles. The number of fused-ring (bicyclic) bond motifs is 1. The predicted molar refractivity (Wildman–Crippen MR) is 143 cm³/mol. The van der Waals surface area contributed by atoms with E-state index in [9.17, 15) is 23.1 Å². The van der Waals surface area contributed by atoms with Crippen LogP contribution in [0.2, 0.25) is 0 Å². The number of nitrogens with two attached hydrogens (primary N) is 2. The van der Waals surface area contributed by atoms with Gasteiger partial charge in [-0.3, -0.25) is 10.6 Å². The van der Waals surface area contributed by atoms with Crippen LogP contribution in [0.1, 0.15) is 49.9 Å². The van der Waals surface area contributed by atoms with Crippen molar-refractivity contribution < 1.29 is 27.8 Å². The van der Waals surface area contributed by atoms with Gasteiger partial charge >= 0.3 is 6.18 Å². The van der Waals surface area contributed by atoms with Crippen LogP contribution in [0.15, 0.2) is 78.6 Å². The quantitative estimate of drug-likeness (QED) is 0.209. The number of carbonyl (C=O) groups is 1. The lowest BCUT2D eigenvalue weighted by molar-refractivity contribution is -0.136. The highest BCUT2D eigenvalue weighted by Gasteiger charge is 2.52. The highest BCUT2D eigenvalue weighted by molar-refractivity contribution is 6.12. The van der Waals surface area contributed by atoms with Crippen LogP contribution >= 0.6 is 0 Å². The van der Waals surface area contributed by atoms with Gasteiger partial charge in [-0.25, -0.2) is 0 Å². The van der Waals surface area contributed by atoms with Crippen LogP contribution < -0.4 is 27.1 Å². The van der Waals surface area contributed by atoms with Gasteiger partial charge in [0.2, 0.25) is 5.91 Å². The maximum absolute atomic E-state index is 13.9. The number of phenols is 1. The fraction of sp³-hybridized carbons (Fsp3) is 0.276. The van der Waals surface area contributed by atoms with Crippen LogP contribution in [-0.4, -0.2) is 16.6 Å². The Morgan fingerprint density at radius 1 is 0.974 bits per heavy atom. The predicted octanol–water partition coefficient (Wildman–Crippen LogP) is 5.14. The molecule has 0 aromatic heterocycles. The molecule has 39 heavy (non-hydrogen) atoms. The number of phenolic OH excluding ortho intramolecular Hbond substituents is 1. The first-order valence-corrected chi connectivity index (χ1v) is 12.2. The first-order chi connectivity index (χ1) is 18.2. The van der Waals surface area contributed by atoms with Gasteiger partial charge in [0.05, 0.1) is 11.3 Å². The van der Waals surface area contributed by atoms with Gasteiger partial charge in [0.15, 0.2) is 0 Å². The molecule has 7 N–H and O–H groups in total. The Hall–Kier alpha value is -4.18. The van der Waals surface area contributed by atoms with E-state index in [0.717, 1.165) is 6.07 Å². The zero-order valence-corrected chi connectivity index (χ0v) is 22.0. The lowest BCUT2D eigenvalue weighted by Crippen LogP contribution is -2.48. The number of nitrogens with one attached hydrogen (secondary N) is 2. The Balaban J connectivity index is 1.84. The summed E-state index contributed by atoms with van der Waals surface area (Å²) in [7, 11) is 0. The zero-order valence-electron chi connectivity index (χ0n) is 22.0. The molecule has 10 heteroatoms. The van der Waals surface area contributed by atoms with E-state index in [1.807, 2.05) is 27.7 Å². The summed E-state index contributed by atoms with van der Waals surface area (Å²) in [5.74, 6) is 5.18. The topological polar surface area (TPSA) is 123 Å². The molecular formula is C29H31F3N4O3. The van der Waals surface area contributed by atoms with Crippen molar-refractivity contribution >= 4 is 11.6 Å². The standard InChI is InChI=1S/C29H31F3N4O3/c1-26(2,23(33)16-35-34)27(3,4)39-20-14-10-18(11-15-20)28(17-8-12-19(37)13-9-17)21-6-5-7-22(29(30,31)32)24(21)36-25(28)38/h5-16,35,37H,33-34H2,1-4H3,(H,36,38)/b23-16-. The van der Waals surface area contributed by atoms with Gasteiger partial charge in [0, 0.05) is 22.9 Å². The van der Waals surface area contributed by atoms with E-state index in [0.29, 0.717) is 22.6 Å². The maximum Gasteiger partial charge on any atom is 0.418 e. The van der Waals surface area contributed by atoms with E-state index < -0.39 is 34.1 Å². The first kappa shape index (κ1) is 27.8. The molecule has 3 aromatic rings. The fourth-order valence-electron chi connectivity index (χ4n) is 4.83. The molecule has 206 valence electrons. The van der Waals surface area contributed by atoms with Crippen molar-refractivity contribution in [3.05, 3.63) is 101 Å². The number of hydrazine groups is 1. The molecule has 0 fully saturated rings.